The first-order valence-corrected chi connectivity index (χ1v) is 6.42. The zero-order valence-electron chi connectivity index (χ0n) is 10.4. The fourth-order valence-electron chi connectivity index (χ4n) is 2.14. The third-order valence-corrected chi connectivity index (χ3v) is 3.19. The molecule has 0 saturated heterocycles. The number of rotatable bonds is 5. The molecular formula is C15H18FNO. The summed E-state index contributed by atoms with van der Waals surface area (Å²) in [5.74, 6) is -0.200. The lowest BCUT2D eigenvalue weighted by molar-refractivity contribution is 0.0975. The topological polar surface area (TPSA) is 20.3 Å². The van der Waals surface area contributed by atoms with Crippen LogP contribution in [0.3, 0.4) is 0 Å². The summed E-state index contributed by atoms with van der Waals surface area (Å²) in [5.41, 5.74) is 0.606. The van der Waals surface area contributed by atoms with Gasteiger partial charge in [0.25, 0.3) is 0 Å². The SMILES string of the molecule is O=C(CCCN1CC=CCC1)c1ccc(F)cc1. The Labute approximate surface area is 107 Å². The molecule has 1 heterocycles. The number of Topliss-reactive ketones (excluding diaryl/α,β-unsaturated/α-hetero) is 1. The average Bonchev–Trinajstić information content (AvgIpc) is 2.40. The maximum Gasteiger partial charge on any atom is 0.162 e. The van der Waals surface area contributed by atoms with Crippen molar-refractivity contribution in [3.8, 4) is 0 Å². The molecule has 1 aromatic carbocycles. The van der Waals surface area contributed by atoms with E-state index in [4.69, 9.17) is 0 Å². The molecule has 0 spiro atoms. The van der Waals surface area contributed by atoms with Gasteiger partial charge in [-0.05, 0) is 43.7 Å². The summed E-state index contributed by atoms with van der Waals surface area (Å²) in [7, 11) is 0. The van der Waals surface area contributed by atoms with Gasteiger partial charge in [0, 0.05) is 25.1 Å². The van der Waals surface area contributed by atoms with Gasteiger partial charge in [-0.2, -0.15) is 0 Å². The zero-order chi connectivity index (χ0) is 12.8. The van der Waals surface area contributed by atoms with Gasteiger partial charge in [0.2, 0.25) is 0 Å². The van der Waals surface area contributed by atoms with Gasteiger partial charge in [0.15, 0.2) is 5.78 Å². The molecule has 0 bridgehead atoms. The molecule has 0 atom stereocenters. The molecule has 0 fully saturated rings. The zero-order valence-corrected chi connectivity index (χ0v) is 10.4. The Hall–Kier alpha value is -1.48. The number of ketones is 1. The summed E-state index contributed by atoms with van der Waals surface area (Å²) in [6, 6.07) is 5.79. The molecule has 0 unspecified atom stereocenters. The van der Waals surface area contributed by atoms with E-state index >= 15 is 0 Å². The molecule has 2 nitrogen and oxygen atoms in total. The van der Waals surface area contributed by atoms with E-state index in [1.807, 2.05) is 0 Å². The molecular weight excluding hydrogens is 229 g/mol. The Morgan fingerprint density at radius 1 is 1.22 bits per heavy atom. The number of carbonyl (C=O) groups is 1. The molecule has 0 radical (unpaired) electrons. The van der Waals surface area contributed by atoms with Crippen LogP contribution in [-0.4, -0.2) is 30.3 Å². The van der Waals surface area contributed by atoms with E-state index in [1.165, 1.54) is 12.1 Å². The van der Waals surface area contributed by atoms with Gasteiger partial charge in [-0.1, -0.05) is 12.2 Å². The second-order valence-corrected chi connectivity index (χ2v) is 4.59. The maximum absolute atomic E-state index is 12.7. The van der Waals surface area contributed by atoms with Crippen LogP contribution >= 0.6 is 0 Å². The van der Waals surface area contributed by atoms with Crippen molar-refractivity contribution in [2.45, 2.75) is 19.3 Å². The van der Waals surface area contributed by atoms with Crippen molar-refractivity contribution in [3.05, 3.63) is 47.8 Å². The van der Waals surface area contributed by atoms with Crippen LogP contribution in [0.15, 0.2) is 36.4 Å². The van der Waals surface area contributed by atoms with Gasteiger partial charge in [0.05, 0.1) is 0 Å². The Morgan fingerprint density at radius 3 is 2.67 bits per heavy atom. The first kappa shape index (κ1) is 13.0. The van der Waals surface area contributed by atoms with Crippen LogP contribution in [0.4, 0.5) is 4.39 Å². The number of carbonyl (C=O) groups excluding carboxylic acids is 1. The minimum absolute atomic E-state index is 0.0996. The van der Waals surface area contributed by atoms with Crippen molar-refractivity contribution in [2.75, 3.05) is 19.6 Å². The van der Waals surface area contributed by atoms with E-state index in [-0.39, 0.29) is 11.6 Å². The highest BCUT2D eigenvalue weighted by Crippen LogP contribution is 2.09. The number of hydrogen-bond acceptors (Lipinski definition) is 2. The normalized spacial score (nSPS) is 15.8. The van der Waals surface area contributed by atoms with E-state index in [0.717, 1.165) is 32.5 Å². The van der Waals surface area contributed by atoms with Crippen molar-refractivity contribution in [1.82, 2.24) is 4.90 Å². The molecule has 2 rings (SSSR count). The summed E-state index contributed by atoms with van der Waals surface area (Å²) in [5, 5.41) is 0. The molecule has 1 aliphatic heterocycles. The highest BCUT2D eigenvalue weighted by molar-refractivity contribution is 5.95. The van der Waals surface area contributed by atoms with Crippen LogP contribution in [-0.2, 0) is 0 Å². The Morgan fingerprint density at radius 2 is 2.00 bits per heavy atom. The molecule has 0 aromatic heterocycles. The van der Waals surface area contributed by atoms with E-state index in [1.54, 1.807) is 12.1 Å². The molecule has 0 amide bonds. The molecule has 1 aromatic rings. The van der Waals surface area contributed by atoms with Gasteiger partial charge in [-0.3, -0.25) is 9.69 Å². The van der Waals surface area contributed by atoms with Gasteiger partial charge >= 0.3 is 0 Å². The molecule has 1 aliphatic rings. The fourth-order valence-corrected chi connectivity index (χ4v) is 2.14. The van der Waals surface area contributed by atoms with Crippen LogP contribution in [0, 0.1) is 5.82 Å². The van der Waals surface area contributed by atoms with Crippen molar-refractivity contribution in [1.29, 1.82) is 0 Å². The van der Waals surface area contributed by atoms with Crippen molar-refractivity contribution in [2.24, 2.45) is 0 Å². The number of hydrogen-bond donors (Lipinski definition) is 0. The van der Waals surface area contributed by atoms with E-state index in [9.17, 15) is 9.18 Å². The maximum atomic E-state index is 12.7. The summed E-state index contributed by atoms with van der Waals surface area (Å²) >= 11 is 0. The first-order chi connectivity index (χ1) is 8.75. The molecule has 0 aliphatic carbocycles. The van der Waals surface area contributed by atoms with E-state index in [2.05, 4.69) is 17.1 Å². The van der Waals surface area contributed by atoms with Crippen molar-refractivity contribution in [3.63, 3.8) is 0 Å². The van der Waals surface area contributed by atoms with Crippen LogP contribution in [0.5, 0.6) is 0 Å². The molecule has 0 saturated carbocycles. The molecule has 18 heavy (non-hydrogen) atoms. The summed E-state index contributed by atoms with van der Waals surface area (Å²) in [4.78, 5) is 14.2. The molecule has 96 valence electrons. The van der Waals surface area contributed by atoms with E-state index < -0.39 is 0 Å². The minimum atomic E-state index is -0.299. The van der Waals surface area contributed by atoms with Gasteiger partial charge in [0.1, 0.15) is 5.82 Å². The highest BCUT2D eigenvalue weighted by Gasteiger charge is 2.09. The van der Waals surface area contributed by atoms with Crippen LogP contribution in [0.1, 0.15) is 29.6 Å². The highest BCUT2D eigenvalue weighted by atomic mass is 19.1. The third kappa shape index (κ3) is 3.77. The quantitative estimate of drug-likeness (QED) is 0.589. The van der Waals surface area contributed by atoms with Gasteiger partial charge < -0.3 is 0 Å². The minimum Gasteiger partial charge on any atom is -0.299 e. The molecule has 0 N–H and O–H groups in total. The van der Waals surface area contributed by atoms with Crippen LogP contribution in [0.25, 0.3) is 0 Å². The van der Waals surface area contributed by atoms with Crippen molar-refractivity contribution >= 4 is 5.78 Å². The molecule has 3 heteroatoms. The second-order valence-electron chi connectivity index (χ2n) is 4.59. The number of halogens is 1. The number of nitrogens with zero attached hydrogens (tertiary/aromatic N) is 1. The van der Waals surface area contributed by atoms with E-state index in [0.29, 0.717) is 12.0 Å². The summed E-state index contributed by atoms with van der Waals surface area (Å²) in [6.45, 7) is 3.03. The Balaban J connectivity index is 1.74. The standard InChI is InChI=1S/C15H18FNO/c16-14-8-6-13(7-9-14)15(18)5-4-12-17-10-2-1-3-11-17/h1-2,6-9H,3-5,10-12H2. The average molecular weight is 247 g/mol. The lowest BCUT2D eigenvalue weighted by atomic mass is 10.1. The Bertz CT molecular complexity index is 425. The third-order valence-electron chi connectivity index (χ3n) is 3.19. The smallest absolute Gasteiger partial charge is 0.162 e. The van der Waals surface area contributed by atoms with Gasteiger partial charge in [-0.15, -0.1) is 0 Å². The summed E-state index contributed by atoms with van der Waals surface area (Å²) < 4.78 is 12.7. The van der Waals surface area contributed by atoms with Crippen LogP contribution in [0.2, 0.25) is 0 Å². The largest absolute Gasteiger partial charge is 0.299 e. The van der Waals surface area contributed by atoms with Gasteiger partial charge in [-0.25, -0.2) is 4.39 Å². The Kier molecular flexibility index (Phi) is 4.65. The second kappa shape index (κ2) is 6.45. The number of benzene rings is 1. The predicted molar refractivity (Wildman–Crippen MR) is 70.2 cm³/mol. The fraction of sp³-hybridized carbons (Fsp3) is 0.400. The first-order valence-electron chi connectivity index (χ1n) is 6.42. The predicted octanol–water partition coefficient (Wildman–Crippen LogP) is 3.05. The van der Waals surface area contributed by atoms with Crippen molar-refractivity contribution < 1.29 is 9.18 Å². The monoisotopic (exact) mass is 247 g/mol. The lowest BCUT2D eigenvalue weighted by Gasteiger charge is -2.22. The summed E-state index contributed by atoms with van der Waals surface area (Å²) in [6.07, 6.45) is 6.87. The van der Waals surface area contributed by atoms with Crippen LogP contribution < -0.4 is 0 Å². The lowest BCUT2D eigenvalue weighted by Crippen LogP contribution is -2.28.